The summed E-state index contributed by atoms with van der Waals surface area (Å²) < 4.78 is 0. The Bertz CT molecular complexity index is 87.6. The second-order valence-electron chi connectivity index (χ2n) is 0.763. The summed E-state index contributed by atoms with van der Waals surface area (Å²) in [5, 5.41) is 37.1. The van der Waals surface area contributed by atoms with Gasteiger partial charge >= 0.3 is 17.1 Å². The van der Waals surface area contributed by atoms with Crippen LogP contribution < -0.4 is 0 Å². The zero-order valence-corrected chi connectivity index (χ0v) is 6.96. The minimum absolute atomic E-state index is 0. The molecule has 0 atom stereocenters. The first-order chi connectivity index (χ1) is 4.88. The molecule has 0 aliphatic heterocycles. The largest absolute Gasteiger partial charge is 2.00 e. The first-order valence-corrected chi connectivity index (χ1v) is 2.12. The molecule has 10 heteroatoms. The van der Waals surface area contributed by atoms with E-state index in [1.165, 1.54) is 0 Å². The van der Waals surface area contributed by atoms with Gasteiger partial charge in [-0.05, 0) is 6.92 Å². The van der Waals surface area contributed by atoms with Crippen LogP contribution in [0.2, 0.25) is 0 Å². The number of aliphatic hydroxyl groups excluding tert-OH is 1. The minimum atomic E-state index is -1.75. The second kappa shape index (κ2) is 22.5. The fraction of sp³-hybridized carbons (Fsp3) is 1.00. The van der Waals surface area contributed by atoms with Crippen LogP contribution in [0, 0.1) is 30.6 Å². The van der Waals surface area contributed by atoms with Crippen molar-refractivity contribution in [3.8, 4) is 0 Å². The number of hydrogen-bond donors (Lipinski definition) is 1. The summed E-state index contributed by atoms with van der Waals surface area (Å²) in [4.78, 5) is 16.5. The maximum atomic E-state index is 8.25. The van der Waals surface area contributed by atoms with Crippen molar-refractivity contribution in [1.82, 2.24) is 0 Å². The van der Waals surface area contributed by atoms with E-state index in [1.54, 1.807) is 6.92 Å². The predicted molar refractivity (Wildman–Crippen MR) is 33.5 cm³/mol. The van der Waals surface area contributed by atoms with Crippen LogP contribution in [0.5, 0.6) is 0 Å². The van der Waals surface area contributed by atoms with Crippen LogP contribution in [-0.4, -0.2) is 21.9 Å². The summed E-state index contributed by atoms with van der Waals surface area (Å²) in [6.45, 7) is 1.93. The van der Waals surface area contributed by atoms with Gasteiger partial charge in [0.25, 0.3) is 0 Å². The summed E-state index contributed by atoms with van der Waals surface area (Å²) in [6, 6.07) is 0. The van der Waals surface area contributed by atoms with E-state index in [-0.39, 0.29) is 23.7 Å². The molecule has 9 nitrogen and oxygen atoms in total. The van der Waals surface area contributed by atoms with Gasteiger partial charge in [0.2, 0.25) is 0 Å². The van der Waals surface area contributed by atoms with Crippen molar-refractivity contribution in [3.63, 3.8) is 0 Å². The summed E-state index contributed by atoms with van der Waals surface area (Å²) in [5.74, 6) is 0. The van der Waals surface area contributed by atoms with E-state index in [4.69, 9.17) is 35.7 Å². The third-order valence-corrected chi connectivity index (χ3v) is 0. The van der Waals surface area contributed by atoms with E-state index in [0.29, 0.717) is 0 Å². The van der Waals surface area contributed by atoms with Crippen molar-refractivity contribution in [2.45, 2.75) is 6.92 Å². The van der Waals surface area contributed by atoms with Gasteiger partial charge in [-0.2, -0.15) is 0 Å². The Labute approximate surface area is 77.3 Å². The Balaban J connectivity index is -0.0000000389. The molecule has 0 saturated heterocycles. The summed E-state index contributed by atoms with van der Waals surface area (Å²) in [6.07, 6.45) is 0. The van der Waals surface area contributed by atoms with Crippen molar-refractivity contribution >= 4 is 0 Å². The molecule has 0 aromatic carbocycles. The SMILES string of the molecule is CCO.O=[N+]([O-])[O-].O=[N+]([O-])[O-].[Fe+2]. The van der Waals surface area contributed by atoms with Gasteiger partial charge in [0.05, 0.1) is 10.2 Å². The molecule has 0 heterocycles. The van der Waals surface area contributed by atoms with E-state index in [1.807, 2.05) is 0 Å². The van der Waals surface area contributed by atoms with E-state index in [2.05, 4.69) is 0 Å². The van der Waals surface area contributed by atoms with Crippen LogP contribution in [0.4, 0.5) is 0 Å². The third-order valence-electron chi connectivity index (χ3n) is 0. The third kappa shape index (κ3) is 439. The maximum absolute atomic E-state index is 8.25. The van der Waals surface area contributed by atoms with Crippen molar-refractivity contribution in [2.24, 2.45) is 0 Å². The van der Waals surface area contributed by atoms with Gasteiger partial charge in [-0.1, -0.05) is 0 Å². The molecule has 0 amide bonds. The quantitative estimate of drug-likeness (QED) is 0.332. The molecular formula is C2H6FeN2O7. The molecule has 0 unspecified atom stereocenters. The van der Waals surface area contributed by atoms with Crippen molar-refractivity contribution in [1.29, 1.82) is 0 Å². The Morgan fingerprint density at radius 2 is 1.08 bits per heavy atom. The molecule has 0 spiro atoms. The zero-order chi connectivity index (χ0) is 9.86. The number of aliphatic hydroxyl groups is 1. The minimum Gasteiger partial charge on any atom is -0.397 e. The molecule has 0 rings (SSSR count). The molecule has 12 heavy (non-hydrogen) atoms. The van der Waals surface area contributed by atoms with Gasteiger partial charge in [0, 0.05) is 6.61 Å². The molecule has 1 N–H and O–H groups in total. The van der Waals surface area contributed by atoms with Crippen LogP contribution in [0.3, 0.4) is 0 Å². The molecule has 74 valence electrons. The van der Waals surface area contributed by atoms with Gasteiger partial charge < -0.3 is 35.7 Å². The van der Waals surface area contributed by atoms with Gasteiger partial charge in [0.15, 0.2) is 0 Å². The first-order valence-electron chi connectivity index (χ1n) is 2.12. The van der Waals surface area contributed by atoms with Crippen LogP contribution >= 0.6 is 0 Å². The smallest absolute Gasteiger partial charge is 0.397 e. The summed E-state index contributed by atoms with van der Waals surface area (Å²) in [5.41, 5.74) is 0. The van der Waals surface area contributed by atoms with Crippen molar-refractivity contribution < 1.29 is 32.3 Å². The number of nitrogens with zero attached hydrogens (tertiary/aromatic N) is 2. The standard InChI is InChI=1S/C2H6O.Fe.2NO3/c1-2-3;;2*2-1(3)4/h3H,2H2,1H3;;;/q;+2;2*-1. The molecule has 0 bridgehead atoms. The fourth-order valence-corrected chi connectivity index (χ4v) is 0. The van der Waals surface area contributed by atoms with Gasteiger partial charge in [-0.15, -0.1) is 0 Å². The number of rotatable bonds is 0. The monoisotopic (exact) mass is 226 g/mol. The summed E-state index contributed by atoms with van der Waals surface area (Å²) >= 11 is 0. The van der Waals surface area contributed by atoms with E-state index in [9.17, 15) is 0 Å². The average Bonchev–Trinajstić information content (AvgIpc) is 1.60. The van der Waals surface area contributed by atoms with E-state index < -0.39 is 10.2 Å². The average molecular weight is 226 g/mol. The topological polar surface area (TPSA) is 153 Å². The van der Waals surface area contributed by atoms with Crippen LogP contribution in [0.25, 0.3) is 0 Å². The predicted octanol–water partition coefficient (Wildman–Crippen LogP) is -0.482. The van der Waals surface area contributed by atoms with Gasteiger partial charge in [0.1, 0.15) is 0 Å². The normalized spacial score (nSPS) is 5.50. The fourth-order valence-electron chi connectivity index (χ4n) is 0. The molecule has 0 aliphatic carbocycles. The molecule has 0 saturated carbocycles. The van der Waals surface area contributed by atoms with Crippen molar-refractivity contribution in [3.05, 3.63) is 30.6 Å². The molecular weight excluding hydrogens is 220 g/mol. The Morgan fingerprint density at radius 1 is 1.08 bits per heavy atom. The zero-order valence-electron chi connectivity index (χ0n) is 5.85. The molecule has 0 fully saturated rings. The molecule has 0 radical (unpaired) electrons. The van der Waals surface area contributed by atoms with Crippen LogP contribution in [0.1, 0.15) is 6.92 Å². The first kappa shape index (κ1) is 22.4. The second-order valence-corrected chi connectivity index (χ2v) is 0.763. The summed E-state index contributed by atoms with van der Waals surface area (Å²) in [7, 11) is 0. The van der Waals surface area contributed by atoms with Crippen LogP contribution in [0.15, 0.2) is 0 Å². The number of hydrogen-bond acceptors (Lipinski definition) is 7. The Morgan fingerprint density at radius 3 is 1.08 bits per heavy atom. The molecule has 0 aromatic rings. The maximum Gasteiger partial charge on any atom is 2.00 e. The van der Waals surface area contributed by atoms with E-state index in [0.717, 1.165) is 0 Å². The molecule has 0 aliphatic rings. The Kier molecular flexibility index (Phi) is 42.1. The van der Waals surface area contributed by atoms with Gasteiger partial charge in [-0.3, -0.25) is 0 Å². The van der Waals surface area contributed by atoms with Crippen molar-refractivity contribution in [2.75, 3.05) is 6.61 Å². The van der Waals surface area contributed by atoms with Gasteiger partial charge in [-0.25, -0.2) is 0 Å². The molecule has 0 aromatic heterocycles. The van der Waals surface area contributed by atoms with E-state index >= 15 is 0 Å². The Hall–Kier alpha value is -1.12. The van der Waals surface area contributed by atoms with Crippen LogP contribution in [-0.2, 0) is 17.1 Å².